The Balaban J connectivity index is 1.94. The van der Waals surface area contributed by atoms with Gasteiger partial charge in [-0.2, -0.15) is 0 Å². The summed E-state index contributed by atoms with van der Waals surface area (Å²) in [4.78, 5) is 0. The normalized spacial score (nSPS) is 12.7. The van der Waals surface area contributed by atoms with Gasteiger partial charge in [0.1, 0.15) is 0 Å². The van der Waals surface area contributed by atoms with Crippen molar-refractivity contribution in [3.8, 4) is 0 Å². The van der Waals surface area contributed by atoms with Gasteiger partial charge >= 0.3 is 0 Å². The SMILES string of the molecule is OC(Cc1ccccc1)c1csc2c(Br)cccc12. The molecular formula is C16H13BrOS. The lowest BCUT2D eigenvalue weighted by Gasteiger charge is -2.10. The lowest BCUT2D eigenvalue weighted by molar-refractivity contribution is 0.180. The van der Waals surface area contributed by atoms with Crippen LogP contribution in [-0.4, -0.2) is 5.11 Å². The first-order chi connectivity index (χ1) is 9.25. The lowest BCUT2D eigenvalue weighted by atomic mass is 10.0. The average Bonchev–Trinajstić information content (AvgIpc) is 2.85. The molecule has 0 amide bonds. The number of benzene rings is 2. The third-order valence-corrected chi connectivity index (χ3v) is 5.18. The zero-order chi connectivity index (χ0) is 13.2. The molecule has 96 valence electrons. The number of fused-ring (bicyclic) bond motifs is 1. The average molecular weight is 333 g/mol. The molecule has 1 N–H and O–H groups in total. The van der Waals surface area contributed by atoms with E-state index in [0.29, 0.717) is 6.42 Å². The molecule has 19 heavy (non-hydrogen) atoms. The fraction of sp³-hybridized carbons (Fsp3) is 0.125. The van der Waals surface area contributed by atoms with Crippen LogP contribution in [0, 0.1) is 0 Å². The fourth-order valence-corrected chi connectivity index (χ4v) is 3.92. The predicted octanol–water partition coefficient (Wildman–Crippen LogP) is 4.94. The first-order valence-electron chi connectivity index (χ1n) is 6.13. The number of thiophene rings is 1. The topological polar surface area (TPSA) is 20.2 Å². The summed E-state index contributed by atoms with van der Waals surface area (Å²) in [5.41, 5.74) is 2.18. The highest BCUT2D eigenvalue weighted by atomic mass is 79.9. The van der Waals surface area contributed by atoms with Crippen molar-refractivity contribution in [1.29, 1.82) is 0 Å². The number of aliphatic hydroxyl groups excluding tert-OH is 1. The second-order valence-corrected chi connectivity index (χ2v) is 6.25. The second kappa shape index (κ2) is 5.45. The molecular weight excluding hydrogens is 320 g/mol. The van der Waals surface area contributed by atoms with Crippen molar-refractivity contribution < 1.29 is 5.11 Å². The van der Waals surface area contributed by atoms with E-state index in [1.54, 1.807) is 11.3 Å². The summed E-state index contributed by atoms with van der Waals surface area (Å²) in [7, 11) is 0. The first kappa shape index (κ1) is 12.9. The molecule has 0 radical (unpaired) electrons. The van der Waals surface area contributed by atoms with Crippen LogP contribution in [0.4, 0.5) is 0 Å². The summed E-state index contributed by atoms with van der Waals surface area (Å²) in [6.07, 6.45) is 0.199. The summed E-state index contributed by atoms with van der Waals surface area (Å²) in [6, 6.07) is 16.2. The molecule has 1 heterocycles. The van der Waals surface area contributed by atoms with Gasteiger partial charge in [0, 0.05) is 15.6 Å². The first-order valence-corrected chi connectivity index (χ1v) is 7.80. The molecule has 0 spiro atoms. The van der Waals surface area contributed by atoms with Crippen molar-refractivity contribution in [2.24, 2.45) is 0 Å². The van der Waals surface area contributed by atoms with Gasteiger partial charge in [-0.05, 0) is 43.9 Å². The molecule has 0 saturated carbocycles. The van der Waals surface area contributed by atoms with Crippen LogP contribution >= 0.6 is 27.3 Å². The maximum Gasteiger partial charge on any atom is 0.0844 e. The van der Waals surface area contributed by atoms with Gasteiger partial charge in [0.2, 0.25) is 0 Å². The summed E-state index contributed by atoms with van der Waals surface area (Å²) >= 11 is 5.23. The van der Waals surface area contributed by atoms with Crippen molar-refractivity contribution in [2.75, 3.05) is 0 Å². The number of halogens is 1. The van der Waals surface area contributed by atoms with E-state index in [1.807, 2.05) is 42.5 Å². The molecule has 3 aromatic rings. The third kappa shape index (κ3) is 2.59. The van der Waals surface area contributed by atoms with Gasteiger partial charge in [-0.1, -0.05) is 42.5 Å². The zero-order valence-electron chi connectivity index (χ0n) is 10.2. The standard InChI is InChI=1S/C16H13BrOS/c17-14-8-4-7-12-13(10-19-16(12)14)15(18)9-11-5-2-1-3-6-11/h1-8,10,15,18H,9H2. The van der Waals surface area contributed by atoms with Gasteiger partial charge in [-0.15, -0.1) is 11.3 Å². The summed E-state index contributed by atoms with van der Waals surface area (Å²) < 4.78 is 2.29. The fourth-order valence-electron chi connectivity index (χ4n) is 2.25. The van der Waals surface area contributed by atoms with Crippen LogP contribution in [0.25, 0.3) is 10.1 Å². The smallest absolute Gasteiger partial charge is 0.0844 e. The Kier molecular flexibility index (Phi) is 3.69. The summed E-state index contributed by atoms with van der Waals surface area (Å²) in [5, 5.41) is 13.6. The highest BCUT2D eigenvalue weighted by Crippen LogP contribution is 2.35. The molecule has 0 bridgehead atoms. The van der Waals surface area contributed by atoms with Crippen LogP contribution in [0.1, 0.15) is 17.2 Å². The highest BCUT2D eigenvalue weighted by molar-refractivity contribution is 9.10. The largest absolute Gasteiger partial charge is 0.388 e. The molecule has 1 aromatic heterocycles. The van der Waals surface area contributed by atoms with Crippen LogP contribution in [-0.2, 0) is 6.42 Å². The van der Waals surface area contributed by atoms with E-state index in [4.69, 9.17) is 0 Å². The number of hydrogen-bond donors (Lipinski definition) is 1. The minimum Gasteiger partial charge on any atom is -0.388 e. The zero-order valence-corrected chi connectivity index (χ0v) is 12.6. The minimum atomic E-state index is -0.453. The van der Waals surface area contributed by atoms with Gasteiger partial charge < -0.3 is 5.11 Å². The number of rotatable bonds is 3. The second-order valence-electron chi connectivity index (χ2n) is 4.51. The van der Waals surface area contributed by atoms with Gasteiger partial charge in [0.15, 0.2) is 0 Å². The molecule has 1 atom stereocenters. The Labute approximate surface area is 124 Å². The quantitative estimate of drug-likeness (QED) is 0.720. The molecule has 1 nitrogen and oxygen atoms in total. The lowest BCUT2D eigenvalue weighted by Crippen LogP contribution is -2.00. The van der Waals surface area contributed by atoms with E-state index in [0.717, 1.165) is 21.0 Å². The molecule has 0 fully saturated rings. The number of aliphatic hydroxyl groups is 1. The molecule has 0 aliphatic carbocycles. The summed E-state index contributed by atoms with van der Waals surface area (Å²) in [6.45, 7) is 0. The molecule has 0 aliphatic rings. The van der Waals surface area contributed by atoms with Crippen molar-refractivity contribution in [1.82, 2.24) is 0 Å². The van der Waals surface area contributed by atoms with Crippen LogP contribution in [0.5, 0.6) is 0 Å². The Morgan fingerprint density at radius 3 is 2.63 bits per heavy atom. The Morgan fingerprint density at radius 2 is 1.84 bits per heavy atom. The van der Waals surface area contributed by atoms with Crippen molar-refractivity contribution in [2.45, 2.75) is 12.5 Å². The van der Waals surface area contributed by atoms with Gasteiger partial charge in [-0.25, -0.2) is 0 Å². The molecule has 0 saturated heterocycles. The number of hydrogen-bond acceptors (Lipinski definition) is 2. The van der Waals surface area contributed by atoms with E-state index in [9.17, 15) is 5.11 Å². The van der Waals surface area contributed by atoms with E-state index in [1.165, 1.54) is 4.70 Å². The third-order valence-electron chi connectivity index (χ3n) is 3.21. The monoisotopic (exact) mass is 332 g/mol. The van der Waals surface area contributed by atoms with Crippen molar-refractivity contribution in [3.63, 3.8) is 0 Å². The van der Waals surface area contributed by atoms with E-state index in [2.05, 4.69) is 27.4 Å². The van der Waals surface area contributed by atoms with Crippen LogP contribution in [0.2, 0.25) is 0 Å². The van der Waals surface area contributed by atoms with Gasteiger partial charge in [0.05, 0.1) is 6.10 Å². The molecule has 2 aromatic carbocycles. The van der Waals surface area contributed by atoms with E-state index in [-0.39, 0.29) is 0 Å². The minimum absolute atomic E-state index is 0.453. The summed E-state index contributed by atoms with van der Waals surface area (Å²) in [5.74, 6) is 0. The maximum atomic E-state index is 10.4. The Hall–Kier alpha value is -1.16. The van der Waals surface area contributed by atoms with Crippen LogP contribution in [0.15, 0.2) is 58.4 Å². The van der Waals surface area contributed by atoms with Crippen LogP contribution in [0.3, 0.4) is 0 Å². The molecule has 3 rings (SSSR count). The Morgan fingerprint density at radius 1 is 1.05 bits per heavy atom. The van der Waals surface area contributed by atoms with Crippen molar-refractivity contribution >= 4 is 37.4 Å². The van der Waals surface area contributed by atoms with Crippen LogP contribution < -0.4 is 0 Å². The van der Waals surface area contributed by atoms with Gasteiger partial charge in [-0.3, -0.25) is 0 Å². The predicted molar refractivity (Wildman–Crippen MR) is 84.6 cm³/mol. The van der Waals surface area contributed by atoms with Gasteiger partial charge in [0.25, 0.3) is 0 Å². The van der Waals surface area contributed by atoms with E-state index >= 15 is 0 Å². The maximum absolute atomic E-state index is 10.4. The molecule has 3 heteroatoms. The molecule has 1 unspecified atom stereocenters. The van der Waals surface area contributed by atoms with E-state index < -0.39 is 6.10 Å². The Bertz CT molecular complexity index is 690. The highest BCUT2D eigenvalue weighted by Gasteiger charge is 2.14. The van der Waals surface area contributed by atoms with Crippen molar-refractivity contribution in [3.05, 3.63) is 69.5 Å². The molecule has 0 aliphatic heterocycles.